The van der Waals surface area contributed by atoms with Crippen LogP contribution in [0.1, 0.15) is 10.5 Å². The molecule has 0 aliphatic heterocycles. The first-order valence-corrected chi connectivity index (χ1v) is 5.05. The van der Waals surface area contributed by atoms with E-state index in [-0.39, 0.29) is 5.69 Å². The molecule has 0 bridgehead atoms. The van der Waals surface area contributed by atoms with Gasteiger partial charge in [0.05, 0.1) is 12.4 Å². The molecule has 0 aliphatic carbocycles. The summed E-state index contributed by atoms with van der Waals surface area (Å²) in [4.78, 5) is 18.1. The summed E-state index contributed by atoms with van der Waals surface area (Å²) in [5.74, 6) is -0.637. The molecule has 16 heavy (non-hydrogen) atoms. The summed E-state index contributed by atoms with van der Waals surface area (Å²) in [5.41, 5.74) is 5.40. The first kappa shape index (κ1) is 10.4. The molecule has 0 spiro atoms. The van der Waals surface area contributed by atoms with Crippen molar-refractivity contribution in [2.75, 3.05) is 5.73 Å². The summed E-state index contributed by atoms with van der Waals surface area (Å²) in [6.45, 7) is 0. The zero-order valence-electron chi connectivity index (χ0n) is 7.95. The summed E-state index contributed by atoms with van der Waals surface area (Å²) in [7, 11) is 0. The van der Waals surface area contributed by atoms with Crippen LogP contribution in [-0.2, 0) is 0 Å². The zero-order valence-corrected chi connectivity index (χ0v) is 8.77. The Hall–Kier alpha value is -2.15. The van der Waals surface area contributed by atoms with Crippen LogP contribution in [0.4, 0.5) is 5.13 Å². The summed E-state index contributed by atoms with van der Waals surface area (Å²) < 4.78 is 5.35. The number of pyridine rings is 1. The van der Waals surface area contributed by atoms with Crippen LogP contribution in [0.2, 0.25) is 0 Å². The molecule has 82 valence electrons. The van der Waals surface area contributed by atoms with Gasteiger partial charge in [0.1, 0.15) is 11.4 Å². The lowest BCUT2D eigenvalue weighted by molar-refractivity contribution is 0.0690. The molecule has 0 aromatic carbocycles. The van der Waals surface area contributed by atoms with Crippen molar-refractivity contribution < 1.29 is 14.6 Å². The molecule has 0 fully saturated rings. The van der Waals surface area contributed by atoms with Crippen LogP contribution in [0.3, 0.4) is 0 Å². The van der Waals surface area contributed by atoms with Gasteiger partial charge in [-0.2, -0.15) is 0 Å². The number of nitrogens with two attached hydrogens (primary N) is 1. The third-order valence-corrected chi connectivity index (χ3v) is 2.38. The monoisotopic (exact) mass is 237 g/mol. The fraction of sp³-hybridized carbons (Fsp3) is 0. The number of thiazole rings is 1. The molecule has 0 radical (unpaired) electrons. The predicted octanol–water partition coefficient (Wildman–Crippen LogP) is 1.61. The van der Waals surface area contributed by atoms with Crippen molar-refractivity contribution in [1.29, 1.82) is 0 Å². The fourth-order valence-corrected chi connectivity index (χ4v) is 1.56. The highest BCUT2D eigenvalue weighted by atomic mass is 32.1. The Bertz CT molecular complexity index is 509. The van der Waals surface area contributed by atoms with Crippen molar-refractivity contribution in [1.82, 2.24) is 9.97 Å². The van der Waals surface area contributed by atoms with E-state index in [9.17, 15) is 4.79 Å². The van der Waals surface area contributed by atoms with Crippen LogP contribution >= 0.6 is 11.3 Å². The average molecular weight is 237 g/mol. The Morgan fingerprint density at radius 3 is 2.69 bits per heavy atom. The molecule has 2 aromatic rings. The van der Waals surface area contributed by atoms with Crippen molar-refractivity contribution in [2.24, 2.45) is 0 Å². The van der Waals surface area contributed by atoms with Gasteiger partial charge >= 0.3 is 5.97 Å². The quantitative estimate of drug-likeness (QED) is 0.841. The topological polar surface area (TPSA) is 98.3 Å². The Balaban J connectivity index is 2.14. The van der Waals surface area contributed by atoms with Gasteiger partial charge in [-0.15, -0.1) is 0 Å². The molecule has 0 unspecified atom stereocenters. The number of carboxylic acid groups (broad SMARTS) is 1. The van der Waals surface area contributed by atoms with Crippen LogP contribution in [0.25, 0.3) is 0 Å². The van der Waals surface area contributed by atoms with Gasteiger partial charge in [-0.1, -0.05) is 11.3 Å². The van der Waals surface area contributed by atoms with Crippen molar-refractivity contribution in [3.8, 4) is 10.8 Å². The second-order valence-electron chi connectivity index (χ2n) is 2.80. The van der Waals surface area contributed by atoms with E-state index < -0.39 is 5.97 Å². The number of hydrogen-bond donors (Lipinski definition) is 2. The van der Waals surface area contributed by atoms with E-state index in [1.807, 2.05) is 0 Å². The van der Waals surface area contributed by atoms with Crippen LogP contribution in [0.15, 0.2) is 24.5 Å². The number of ether oxygens (including phenoxy) is 1. The molecular formula is C9H7N3O3S. The maximum absolute atomic E-state index is 10.5. The van der Waals surface area contributed by atoms with Crippen molar-refractivity contribution >= 4 is 22.4 Å². The Kier molecular flexibility index (Phi) is 2.69. The molecule has 3 N–H and O–H groups in total. The number of carbonyl (C=O) groups is 1. The third kappa shape index (κ3) is 2.26. The van der Waals surface area contributed by atoms with E-state index >= 15 is 0 Å². The van der Waals surface area contributed by atoms with Gasteiger partial charge in [-0.3, -0.25) is 0 Å². The zero-order chi connectivity index (χ0) is 11.5. The van der Waals surface area contributed by atoms with E-state index in [0.717, 1.165) is 0 Å². The maximum Gasteiger partial charge on any atom is 0.354 e. The summed E-state index contributed by atoms with van der Waals surface area (Å²) in [6.07, 6.45) is 2.82. The third-order valence-electron chi connectivity index (χ3n) is 1.68. The van der Waals surface area contributed by atoms with E-state index in [0.29, 0.717) is 15.9 Å². The van der Waals surface area contributed by atoms with E-state index in [2.05, 4.69) is 9.97 Å². The second kappa shape index (κ2) is 4.15. The Morgan fingerprint density at radius 2 is 2.19 bits per heavy atom. The summed E-state index contributed by atoms with van der Waals surface area (Å²) >= 11 is 1.19. The number of carboxylic acids is 1. The molecular weight excluding hydrogens is 230 g/mol. The molecule has 0 aliphatic rings. The highest BCUT2D eigenvalue weighted by molar-refractivity contribution is 7.17. The standard InChI is InChI=1S/C9H7N3O3S/c10-9-12-4-7(16-9)15-5-1-2-6(8(13)14)11-3-5/h1-4H,(H2,10,12)(H,13,14). The number of aromatic carboxylic acids is 1. The lowest BCUT2D eigenvalue weighted by Crippen LogP contribution is -1.99. The summed E-state index contributed by atoms with van der Waals surface area (Å²) in [5, 5.41) is 9.58. The first-order valence-electron chi connectivity index (χ1n) is 4.23. The molecule has 0 amide bonds. The molecule has 0 atom stereocenters. The van der Waals surface area contributed by atoms with E-state index in [1.165, 1.54) is 35.9 Å². The van der Waals surface area contributed by atoms with Gasteiger partial charge in [0.15, 0.2) is 5.13 Å². The number of hydrogen-bond acceptors (Lipinski definition) is 6. The number of nitrogen functional groups attached to an aromatic ring is 1. The largest absolute Gasteiger partial charge is 0.477 e. The van der Waals surface area contributed by atoms with Crippen molar-refractivity contribution in [3.63, 3.8) is 0 Å². The smallest absolute Gasteiger partial charge is 0.354 e. The first-order chi connectivity index (χ1) is 7.65. The highest BCUT2D eigenvalue weighted by Crippen LogP contribution is 2.28. The van der Waals surface area contributed by atoms with Crippen LogP contribution in [0, 0.1) is 0 Å². The maximum atomic E-state index is 10.5. The highest BCUT2D eigenvalue weighted by Gasteiger charge is 2.05. The Morgan fingerprint density at radius 1 is 1.38 bits per heavy atom. The van der Waals surface area contributed by atoms with Gasteiger partial charge in [-0.05, 0) is 12.1 Å². The molecule has 6 nitrogen and oxygen atoms in total. The molecule has 0 saturated heterocycles. The van der Waals surface area contributed by atoms with Gasteiger partial charge in [-0.25, -0.2) is 14.8 Å². The van der Waals surface area contributed by atoms with Crippen LogP contribution < -0.4 is 10.5 Å². The lowest BCUT2D eigenvalue weighted by atomic mass is 10.3. The number of aromatic nitrogens is 2. The van der Waals surface area contributed by atoms with Gasteiger partial charge in [0.25, 0.3) is 0 Å². The van der Waals surface area contributed by atoms with Gasteiger partial charge in [0, 0.05) is 0 Å². The number of rotatable bonds is 3. The number of anilines is 1. The second-order valence-corrected chi connectivity index (χ2v) is 3.83. The molecule has 2 rings (SSSR count). The SMILES string of the molecule is Nc1ncc(Oc2ccc(C(=O)O)nc2)s1. The summed E-state index contributed by atoms with van der Waals surface area (Å²) in [6, 6.07) is 2.88. The van der Waals surface area contributed by atoms with Crippen molar-refractivity contribution in [2.45, 2.75) is 0 Å². The predicted molar refractivity (Wildman–Crippen MR) is 57.8 cm³/mol. The van der Waals surface area contributed by atoms with E-state index in [1.54, 1.807) is 0 Å². The van der Waals surface area contributed by atoms with Gasteiger partial charge < -0.3 is 15.6 Å². The lowest BCUT2D eigenvalue weighted by Gasteiger charge is -2.00. The molecule has 7 heteroatoms. The minimum absolute atomic E-state index is 0.0313. The minimum Gasteiger partial charge on any atom is -0.477 e. The average Bonchev–Trinajstić information content (AvgIpc) is 2.65. The van der Waals surface area contributed by atoms with Crippen molar-refractivity contribution in [3.05, 3.63) is 30.2 Å². The minimum atomic E-state index is -1.08. The van der Waals surface area contributed by atoms with Crippen LogP contribution in [0.5, 0.6) is 10.8 Å². The number of nitrogens with zero attached hydrogens (tertiary/aromatic N) is 2. The Labute approximate surface area is 94.3 Å². The van der Waals surface area contributed by atoms with Gasteiger partial charge in [0.2, 0.25) is 5.06 Å². The fourth-order valence-electron chi connectivity index (χ4n) is 1.00. The molecule has 2 aromatic heterocycles. The molecule has 0 saturated carbocycles. The van der Waals surface area contributed by atoms with E-state index in [4.69, 9.17) is 15.6 Å². The van der Waals surface area contributed by atoms with Crippen LogP contribution in [-0.4, -0.2) is 21.0 Å². The normalized spacial score (nSPS) is 10.0. The molecule has 2 heterocycles.